The number of rotatable bonds is 2. The summed E-state index contributed by atoms with van der Waals surface area (Å²) in [6.07, 6.45) is -1.46. The summed E-state index contributed by atoms with van der Waals surface area (Å²) in [5.74, 6) is 0.267. The molecule has 2 aromatic rings. The molecule has 3 heterocycles. The molecule has 0 spiro atoms. The van der Waals surface area contributed by atoms with Crippen LogP contribution in [0.2, 0.25) is 0 Å². The molecule has 1 aliphatic heterocycles. The van der Waals surface area contributed by atoms with Gasteiger partial charge in [0.25, 0.3) is 0 Å². The van der Waals surface area contributed by atoms with E-state index in [1.54, 1.807) is 0 Å². The van der Waals surface area contributed by atoms with Gasteiger partial charge in [-0.3, -0.25) is 0 Å². The average molecular weight is 267 g/mol. The molecular weight excluding hydrogens is 254 g/mol. The zero-order valence-corrected chi connectivity index (χ0v) is 9.79. The SMILES string of the molecule is Nc1ncnc2c1cnn2C1OC(CO)C(O)C1O. The van der Waals surface area contributed by atoms with Crippen LogP contribution in [0.4, 0.5) is 5.82 Å². The van der Waals surface area contributed by atoms with Crippen molar-refractivity contribution >= 4 is 16.9 Å². The minimum atomic E-state index is -1.21. The van der Waals surface area contributed by atoms with Crippen LogP contribution in [-0.2, 0) is 4.74 Å². The van der Waals surface area contributed by atoms with Gasteiger partial charge in [0.15, 0.2) is 11.9 Å². The monoisotopic (exact) mass is 267 g/mol. The lowest BCUT2D eigenvalue weighted by Crippen LogP contribution is -2.33. The zero-order valence-electron chi connectivity index (χ0n) is 9.79. The van der Waals surface area contributed by atoms with Gasteiger partial charge in [-0.2, -0.15) is 5.10 Å². The van der Waals surface area contributed by atoms with Crippen molar-refractivity contribution in [1.29, 1.82) is 0 Å². The van der Waals surface area contributed by atoms with Crippen molar-refractivity contribution in [2.24, 2.45) is 0 Å². The van der Waals surface area contributed by atoms with E-state index < -0.39 is 31.1 Å². The van der Waals surface area contributed by atoms with E-state index >= 15 is 0 Å². The van der Waals surface area contributed by atoms with Crippen molar-refractivity contribution in [1.82, 2.24) is 19.7 Å². The maximum absolute atomic E-state index is 9.94. The van der Waals surface area contributed by atoms with Gasteiger partial charge in [-0.25, -0.2) is 14.6 Å². The maximum atomic E-state index is 9.94. The van der Waals surface area contributed by atoms with Crippen LogP contribution in [0.25, 0.3) is 11.0 Å². The number of nitrogen functional groups attached to an aromatic ring is 1. The largest absolute Gasteiger partial charge is 0.394 e. The molecule has 0 bridgehead atoms. The molecule has 4 unspecified atom stereocenters. The molecular formula is C10H13N5O4. The number of fused-ring (bicyclic) bond motifs is 1. The normalized spacial score (nSPS) is 31.1. The summed E-state index contributed by atoms with van der Waals surface area (Å²) in [7, 11) is 0. The fourth-order valence-corrected chi connectivity index (χ4v) is 2.15. The van der Waals surface area contributed by atoms with Crippen LogP contribution in [0.5, 0.6) is 0 Å². The number of anilines is 1. The molecule has 9 heteroatoms. The third kappa shape index (κ3) is 1.75. The molecule has 102 valence electrons. The summed E-state index contributed by atoms with van der Waals surface area (Å²) in [6.45, 7) is -0.398. The molecule has 0 radical (unpaired) electrons. The maximum Gasteiger partial charge on any atom is 0.181 e. The topological polar surface area (TPSA) is 140 Å². The summed E-state index contributed by atoms with van der Waals surface area (Å²) in [4.78, 5) is 7.86. The Labute approximate surface area is 107 Å². The molecule has 0 amide bonds. The average Bonchev–Trinajstić information content (AvgIpc) is 2.94. The van der Waals surface area contributed by atoms with E-state index in [9.17, 15) is 10.2 Å². The molecule has 0 aromatic carbocycles. The minimum absolute atomic E-state index is 0.267. The molecule has 5 N–H and O–H groups in total. The van der Waals surface area contributed by atoms with Crippen molar-refractivity contribution in [2.45, 2.75) is 24.5 Å². The Morgan fingerprint density at radius 2 is 2.11 bits per heavy atom. The summed E-state index contributed by atoms with van der Waals surface area (Å²) in [5.41, 5.74) is 6.08. The smallest absolute Gasteiger partial charge is 0.181 e. The Morgan fingerprint density at radius 3 is 2.79 bits per heavy atom. The first kappa shape index (κ1) is 12.2. The molecule has 1 aliphatic rings. The Hall–Kier alpha value is -1.81. The van der Waals surface area contributed by atoms with Crippen LogP contribution < -0.4 is 5.73 Å². The second-order valence-electron chi connectivity index (χ2n) is 4.31. The van der Waals surface area contributed by atoms with Gasteiger partial charge in [-0.15, -0.1) is 0 Å². The highest BCUT2D eigenvalue weighted by Crippen LogP contribution is 2.31. The molecule has 1 fully saturated rings. The lowest BCUT2D eigenvalue weighted by atomic mass is 10.1. The van der Waals surface area contributed by atoms with Crippen molar-refractivity contribution in [3.05, 3.63) is 12.5 Å². The van der Waals surface area contributed by atoms with E-state index in [0.717, 1.165) is 0 Å². The Bertz CT molecular complexity index is 603. The highest BCUT2D eigenvalue weighted by molar-refractivity contribution is 5.84. The van der Waals surface area contributed by atoms with Gasteiger partial charge in [0.1, 0.15) is 30.5 Å². The zero-order chi connectivity index (χ0) is 13.6. The summed E-state index contributed by atoms with van der Waals surface area (Å²) < 4.78 is 6.69. The fraction of sp³-hybridized carbons (Fsp3) is 0.500. The molecule has 4 atom stereocenters. The van der Waals surface area contributed by atoms with Crippen LogP contribution in [0.1, 0.15) is 6.23 Å². The number of hydrogen-bond donors (Lipinski definition) is 4. The first-order chi connectivity index (χ1) is 9.13. The third-order valence-corrected chi connectivity index (χ3v) is 3.18. The quantitative estimate of drug-likeness (QED) is 0.491. The number of aliphatic hydroxyl groups excluding tert-OH is 3. The van der Waals surface area contributed by atoms with Crippen LogP contribution in [0, 0.1) is 0 Å². The number of nitrogens with two attached hydrogens (primary N) is 1. The van der Waals surface area contributed by atoms with Crippen molar-refractivity contribution in [2.75, 3.05) is 12.3 Å². The third-order valence-electron chi connectivity index (χ3n) is 3.18. The van der Waals surface area contributed by atoms with Gasteiger partial charge < -0.3 is 25.8 Å². The van der Waals surface area contributed by atoms with Crippen molar-refractivity contribution in [3.63, 3.8) is 0 Å². The van der Waals surface area contributed by atoms with E-state index in [0.29, 0.717) is 11.0 Å². The van der Waals surface area contributed by atoms with E-state index in [2.05, 4.69) is 15.1 Å². The molecule has 19 heavy (non-hydrogen) atoms. The molecule has 0 aliphatic carbocycles. The van der Waals surface area contributed by atoms with Gasteiger partial charge in [0, 0.05) is 0 Å². The molecule has 2 aromatic heterocycles. The number of aromatic nitrogens is 4. The van der Waals surface area contributed by atoms with Crippen LogP contribution >= 0.6 is 0 Å². The molecule has 0 saturated carbocycles. The van der Waals surface area contributed by atoms with Crippen molar-refractivity contribution < 1.29 is 20.1 Å². The summed E-state index contributed by atoms with van der Waals surface area (Å²) >= 11 is 0. The van der Waals surface area contributed by atoms with Gasteiger partial charge in [0.2, 0.25) is 0 Å². The van der Waals surface area contributed by atoms with E-state index in [-0.39, 0.29) is 5.82 Å². The van der Waals surface area contributed by atoms with Gasteiger partial charge in [-0.1, -0.05) is 0 Å². The minimum Gasteiger partial charge on any atom is -0.394 e. The first-order valence-corrected chi connectivity index (χ1v) is 5.69. The number of aliphatic hydroxyl groups is 3. The van der Waals surface area contributed by atoms with Crippen molar-refractivity contribution in [3.8, 4) is 0 Å². The Kier molecular flexibility index (Phi) is 2.82. The van der Waals surface area contributed by atoms with E-state index in [1.165, 1.54) is 17.2 Å². The lowest BCUT2D eigenvalue weighted by molar-refractivity contribution is -0.0566. The number of hydrogen-bond acceptors (Lipinski definition) is 8. The van der Waals surface area contributed by atoms with Crippen LogP contribution in [-0.4, -0.2) is 60.0 Å². The lowest BCUT2D eigenvalue weighted by Gasteiger charge is -2.15. The van der Waals surface area contributed by atoms with Crippen LogP contribution in [0.3, 0.4) is 0 Å². The van der Waals surface area contributed by atoms with E-state index in [1.807, 2.05) is 0 Å². The summed E-state index contributed by atoms with van der Waals surface area (Å²) in [6, 6.07) is 0. The molecule has 9 nitrogen and oxygen atoms in total. The second-order valence-corrected chi connectivity index (χ2v) is 4.31. The molecule has 1 saturated heterocycles. The standard InChI is InChI=1S/C10H13N5O4/c11-8-4-1-14-15(9(4)13-3-12-8)10-7(18)6(17)5(2-16)19-10/h1,3,5-7,10,16-18H,2H2,(H2,11,12,13). The predicted molar refractivity (Wildman–Crippen MR) is 62.7 cm³/mol. The number of nitrogens with zero attached hydrogens (tertiary/aromatic N) is 4. The van der Waals surface area contributed by atoms with Gasteiger partial charge >= 0.3 is 0 Å². The van der Waals surface area contributed by atoms with E-state index in [4.69, 9.17) is 15.6 Å². The molecule has 3 rings (SSSR count). The Balaban J connectivity index is 2.04. The second kappa shape index (κ2) is 4.38. The predicted octanol–water partition coefficient (Wildman–Crippen LogP) is -1.98. The van der Waals surface area contributed by atoms with Gasteiger partial charge in [0.05, 0.1) is 18.2 Å². The number of ether oxygens (including phenoxy) is 1. The van der Waals surface area contributed by atoms with Crippen LogP contribution in [0.15, 0.2) is 12.5 Å². The summed E-state index contributed by atoms with van der Waals surface area (Å²) in [5, 5.41) is 33.3. The highest BCUT2D eigenvalue weighted by Gasteiger charge is 2.44. The fourth-order valence-electron chi connectivity index (χ4n) is 2.15. The first-order valence-electron chi connectivity index (χ1n) is 5.69. The van der Waals surface area contributed by atoms with Gasteiger partial charge in [-0.05, 0) is 0 Å². The highest BCUT2D eigenvalue weighted by atomic mass is 16.6. The Morgan fingerprint density at radius 1 is 1.32 bits per heavy atom.